The average molecular weight is 442 g/mol. The highest BCUT2D eigenvalue weighted by Gasteiger charge is 2.25. The number of rotatable bonds is 7. The van der Waals surface area contributed by atoms with E-state index in [1.54, 1.807) is 31.4 Å². The Morgan fingerprint density at radius 2 is 1.97 bits per heavy atom. The number of oxazole rings is 1. The molecule has 11 heteroatoms. The number of methoxy groups -OCH3 is 1. The van der Waals surface area contributed by atoms with E-state index < -0.39 is 12.1 Å². The van der Waals surface area contributed by atoms with Crippen LogP contribution in [0.2, 0.25) is 5.02 Å². The van der Waals surface area contributed by atoms with Gasteiger partial charge in [0, 0.05) is 17.1 Å². The number of nitrogens with two attached hydrogens (primary N) is 1. The first-order valence-corrected chi connectivity index (χ1v) is 9.47. The molecule has 2 amide bonds. The van der Waals surface area contributed by atoms with Gasteiger partial charge in [-0.1, -0.05) is 29.0 Å². The molecule has 0 radical (unpaired) electrons. The molecular formula is C20H20ClN7O3. The molecular weight excluding hydrogens is 422 g/mol. The molecule has 3 aromatic rings. The van der Waals surface area contributed by atoms with Gasteiger partial charge in [0.15, 0.2) is 23.7 Å². The SMILES string of the molecule is COc1ccc(C[C@H](NC(=O)Nc2ccc(Cl)cc2)c2ocnc2C(=N)N=NN)cc1. The number of ether oxygens (including phenoxy) is 1. The lowest BCUT2D eigenvalue weighted by molar-refractivity contribution is 0.246. The Hall–Kier alpha value is -3.92. The van der Waals surface area contributed by atoms with Crippen LogP contribution in [0.25, 0.3) is 0 Å². The number of amidine groups is 1. The van der Waals surface area contributed by atoms with Crippen LogP contribution in [0.1, 0.15) is 23.1 Å². The highest BCUT2D eigenvalue weighted by atomic mass is 35.5. The predicted molar refractivity (Wildman–Crippen MR) is 115 cm³/mol. The number of benzene rings is 2. The normalized spacial score (nSPS) is 11.8. The van der Waals surface area contributed by atoms with Gasteiger partial charge in [-0.15, -0.1) is 5.11 Å². The van der Waals surface area contributed by atoms with Crippen LogP contribution in [0.15, 0.2) is 69.7 Å². The van der Waals surface area contributed by atoms with Crippen LogP contribution >= 0.6 is 11.6 Å². The van der Waals surface area contributed by atoms with Gasteiger partial charge in [-0.05, 0) is 42.0 Å². The van der Waals surface area contributed by atoms with E-state index in [4.69, 9.17) is 32.0 Å². The predicted octanol–water partition coefficient (Wildman–Crippen LogP) is 4.09. The summed E-state index contributed by atoms with van der Waals surface area (Å²) in [6.07, 6.45) is 1.53. The second-order valence-corrected chi connectivity index (χ2v) is 6.78. The number of nitrogens with zero attached hydrogens (tertiary/aromatic N) is 3. The summed E-state index contributed by atoms with van der Waals surface area (Å²) in [7, 11) is 1.58. The van der Waals surface area contributed by atoms with Gasteiger partial charge in [0.05, 0.1) is 13.2 Å². The maximum Gasteiger partial charge on any atom is 0.319 e. The Balaban J connectivity index is 1.84. The Kier molecular flexibility index (Phi) is 7.17. The van der Waals surface area contributed by atoms with Gasteiger partial charge in [0.2, 0.25) is 0 Å². The summed E-state index contributed by atoms with van der Waals surface area (Å²) < 4.78 is 10.7. The Morgan fingerprint density at radius 3 is 2.61 bits per heavy atom. The fourth-order valence-electron chi connectivity index (χ4n) is 2.85. The van der Waals surface area contributed by atoms with E-state index in [2.05, 4.69) is 26.0 Å². The molecule has 2 aromatic carbocycles. The fourth-order valence-corrected chi connectivity index (χ4v) is 2.98. The second kappa shape index (κ2) is 10.2. The third-order valence-corrected chi connectivity index (χ3v) is 4.55. The van der Waals surface area contributed by atoms with Crippen LogP contribution in [0.3, 0.4) is 0 Å². The third kappa shape index (κ3) is 5.80. The van der Waals surface area contributed by atoms with Crippen molar-refractivity contribution in [3.05, 3.63) is 77.0 Å². The number of anilines is 1. The molecule has 0 saturated carbocycles. The minimum Gasteiger partial charge on any atom is -0.497 e. The summed E-state index contributed by atoms with van der Waals surface area (Å²) >= 11 is 5.88. The first kappa shape index (κ1) is 21.8. The monoisotopic (exact) mass is 441 g/mol. The molecule has 3 rings (SSSR count). The summed E-state index contributed by atoms with van der Waals surface area (Å²) in [6.45, 7) is 0. The molecule has 0 bridgehead atoms. The van der Waals surface area contributed by atoms with Gasteiger partial charge < -0.3 is 25.6 Å². The van der Waals surface area contributed by atoms with Crippen LogP contribution < -0.4 is 21.2 Å². The highest BCUT2D eigenvalue weighted by molar-refractivity contribution is 6.30. The molecule has 0 aliphatic carbocycles. The minimum absolute atomic E-state index is 0.125. The zero-order valence-electron chi connectivity index (χ0n) is 16.5. The molecule has 5 N–H and O–H groups in total. The van der Waals surface area contributed by atoms with Gasteiger partial charge in [0.1, 0.15) is 5.75 Å². The zero-order valence-corrected chi connectivity index (χ0v) is 17.3. The summed E-state index contributed by atoms with van der Waals surface area (Å²) in [4.78, 5) is 16.7. The lowest BCUT2D eigenvalue weighted by Gasteiger charge is -2.18. The van der Waals surface area contributed by atoms with Crippen molar-refractivity contribution in [1.82, 2.24) is 10.3 Å². The van der Waals surface area contributed by atoms with Crippen molar-refractivity contribution in [2.45, 2.75) is 12.5 Å². The van der Waals surface area contributed by atoms with Gasteiger partial charge in [0.25, 0.3) is 0 Å². The zero-order chi connectivity index (χ0) is 22.2. The molecule has 0 spiro atoms. The molecule has 0 aliphatic rings. The molecule has 1 heterocycles. The fraction of sp³-hybridized carbons (Fsp3) is 0.150. The topological polar surface area (TPSA) is 151 Å². The molecule has 1 aromatic heterocycles. The van der Waals surface area contributed by atoms with E-state index in [9.17, 15) is 4.79 Å². The maximum absolute atomic E-state index is 12.6. The number of carbonyl (C=O) groups excluding carboxylic acids is 1. The van der Waals surface area contributed by atoms with E-state index >= 15 is 0 Å². The molecule has 10 nitrogen and oxygen atoms in total. The highest BCUT2D eigenvalue weighted by Crippen LogP contribution is 2.24. The van der Waals surface area contributed by atoms with Crippen molar-refractivity contribution >= 4 is 29.2 Å². The number of halogens is 1. The Morgan fingerprint density at radius 1 is 1.26 bits per heavy atom. The maximum atomic E-state index is 12.6. The van der Waals surface area contributed by atoms with Crippen molar-refractivity contribution in [1.29, 1.82) is 5.41 Å². The van der Waals surface area contributed by atoms with Crippen LogP contribution in [-0.4, -0.2) is 24.0 Å². The number of amides is 2. The van der Waals surface area contributed by atoms with Gasteiger partial charge in [-0.3, -0.25) is 5.41 Å². The second-order valence-electron chi connectivity index (χ2n) is 6.34. The van der Waals surface area contributed by atoms with Crippen LogP contribution in [0, 0.1) is 5.41 Å². The Labute approximate surface area is 183 Å². The standard InChI is InChI=1S/C20H20ClN7O3/c1-30-15-8-2-12(3-9-15)10-16(18-17(24-11-31-18)19(22)27-28-23)26-20(29)25-14-6-4-13(21)5-7-14/h2-9,11,16H,10H2,1H3,(H3,22,23,27)(H2,25,26,29)/t16-/m0/s1. The van der Waals surface area contributed by atoms with Crippen molar-refractivity contribution in [3.63, 3.8) is 0 Å². The first-order valence-electron chi connectivity index (χ1n) is 9.09. The average Bonchev–Trinajstić information content (AvgIpc) is 3.26. The van der Waals surface area contributed by atoms with Crippen LogP contribution in [0.5, 0.6) is 5.75 Å². The van der Waals surface area contributed by atoms with Crippen molar-refractivity contribution in [3.8, 4) is 5.75 Å². The van der Waals surface area contributed by atoms with E-state index in [1.165, 1.54) is 6.39 Å². The van der Waals surface area contributed by atoms with Crippen LogP contribution in [-0.2, 0) is 6.42 Å². The van der Waals surface area contributed by atoms with Crippen molar-refractivity contribution in [2.24, 2.45) is 16.2 Å². The number of hydrogen-bond acceptors (Lipinski definition) is 6. The summed E-state index contributed by atoms with van der Waals surface area (Å²) in [6, 6.07) is 12.9. The molecule has 0 unspecified atom stereocenters. The smallest absolute Gasteiger partial charge is 0.319 e. The number of urea groups is 1. The van der Waals surface area contributed by atoms with Crippen LogP contribution in [0.4, 0.5) is 10.5 Å². The van der Waals surface area contributed by atoms with Gasteiger partial charge >= 0.3 is 6.03 Å². The number of aromatic nitrogens is 1. The minimum atomic E-state index is -0.661. The molecule has 1 atom stereocenters. The number of carbonyl (C=O) groups is 1. The lowest BCUT2D eigenvalue weighted by Crippen LogP contribution is -2.34. The molecule has 0 saturated heterocycles. The third-order valence-electron chi connectivity index (χ3n) is 4.30. The van der Waals surface area contributed by atoms with E-state index in [0.717, 1.165) is 5.56 Å². The molecule has 0 fully saturated rings. The largest absolute Gasteiger partial charge is 0.497 e. The number of nitrogens with one attached hydrogen (secondary N) is 3. The van der Waals surface area contributed by atoms with E-state index in [-0.39, 0.29) is 17.3 Å². The summed E-state index contributed by atoms with van der Waals surface area (Å²) in [5.74, 6) is 5.72. The van der Waals surface area contributed by atoms with E-state index in [1.807, 2.05) is 24.3 Å². The van der Waals surface area contributed by atoms with E-state index in [0.29, 0.717) is 22.9 Å². The van der Waals surface area contributed by atoms with Crippen molar-refractivity contribution < 1.29 is 13.9 Å². The number of hydrogen-bond donors (Lipinski definition) is 4. The summed E-state index contributed by atoms with van der Waals surface area (Å²) in [5.41, 5.74) is 1.58. The molecule has 160 valence electrons. The lowest BCUT2D eigenvalue weighted by atomic mass is 10.0. The molecule has 31 heavy (non-hydrogen) atoms. The van der Waals surface area contributed by atoms with Gasteiger partial charge in [-0.2, -0.15) is 0 Å². The molecule has 0 aliphatic heterocycles. The Bertz CT molecular complexity index is 1070. The van der Waals surface area contributed by atoms with Gasteiger partial charge in [-0.25, -0.2) is 9.78 Å². The van der Waals surface area contributed by atoms with Crippen molar-refractivity contribution in [2.75, 3.05) is 12.4 Å². The summed E-state index contributed by atoms with van der Waals surface area (Å²) in [5, 5.41) is 20.7. The first-order chi connectivity index (χ1) is 15.0. The quantitative estimate of drug-likeness (QED) is 0.143.